The van der Waals surface area contributed by atoms with E-state index >= 15 is 0 Å². The Balaban J connectivity index is 1.84. The predicted molar refractivity (Wildman–Crippen MR) is 99.4 cm³/mol. The van der Waals surface area contributed by atoms with Crippen molar-refractivity contribution in [2.24, 2.45) is 0 Å². The van der Waals surface area contributed by atoms with E-state index in [0.29, 0.717) is 13.1 Å². The van der Waals surface area contributed by atoms with Crippen LogP contribution in [0.5, 0.6) is 0 Å². The third-order valence-corrected chi connectivity index (χ3v) is 3.93. The van der Waals surface area contributed by atoms with Gasteiger partial charge in [0.05, 0.1) is 13.2 Å². The van der Waals surface area contributed by atoms with E-state index in [0.717, 1.165) is 11.1 Å². The first-order valence-corrected chi connectivity index (χ1v) is 8.66. The lowest BCUT2D eigenvalue weighted by atomic mass is 10.2. The Morgan fingerprint density at radius 2 is 1.11 bits per heavy atom. The second-order valence-electron chi connectivity index (χ2n) is 5.94. The second-order valence-corrected chi connectivity index (χ2v) is 5.94. The van der Waals surface area contributed by atoms with Gasteiger partial charge in [-0.3, -0.25) is 10.6 Å². The summed E-state index contributed by atoms with van der Waals surface area (Å²) in [5.41, 5.74) is 1.85. The highest BCUT2D eigenvalue weighted by molar-refractivity contribution is 5.91. The van der Waals surface area contributed by atoms with E-state index < -0.39 is 37.2 Å². The Morgan fingerprint density at radius 3 is 1.44 bits per heavy atom. The molecule has 0 amide bonds. The average molecular weight is 372 g/mol. The van der Waals surface area contributed by atoms with Gasteiger partial charge in [-0.25, -0.2) is 9.59 Å². The van der Waals surface area contributed by atoms with Crippen LogP contribution in [0.3, 0.4) is 0 Å². The molecule has 2 rings (SSSR count). The van der Waals surface area contributed by atoms with Crippen LogP contribution in [0, 0.1) is 0 Å². The van der Waals surface area contributed by atoms with E-state index in [-0.39, 0.29) is 0 Å². The van der Waals surface area contributed by atoms with Crippen molar-refractivity contribution in [1.29, 1.82) is 0 Å². The van der Waals surface area contributed by atoms with Gasteiger partial charge in [-0.05, 0) is 11.1 Å². The number of rotatable bonds is 10. The summed E-state index contributed by atoms with van der Waals surface area (Å²) in [6, 6.07) is 16.6. The Kier molecular flexibility index (Phi) is 8.60. The number of carbonyl (C=O) groups excluding carboxylic acids is 2. The lowest BCUT2D eigenvalue weighted by molar-refractivity contribution is -0.163. The zero-order valence-electron chi connectivity index (χ0n) is 14.9. The lowest BCUT2D eigenvalue weighted by Crippen LogP contribution is -2.46. The molecule has 144 valence electrons. The molecule has 2 aromatic carbocycles. The summed E-state index contributed by atoms with van der Waals surface area (Å²) in [4.78, 5) is 24.3. The molecule has 0 aliphatic carbocycles. The second kappa shape index (κ2) is 11.2. The van der Waals surface area contributed by atoms with Crippen LogP contribution in [0.25, 0.3) is 0 Å². The minimum Gasteiger partial charge on any atom is -0.394 e. The number of ether oxygens (including phenoxy) is 1. The van der Waals surface area contributed by atoms with Crippen LogP contribution >= 0.6 is 0 Å². The van der Waals surface area contributed by atoms with Crippen molar-refractivity contribution in [1.82, 2.24) is 10.6 Å². The molecule has 0 unspecified atom stereocenters. The summed E-state index contributed by atoms with van der Waals surface area (Å²) >= 11 is 0. The normalized spacial score (nSPS) is 13.0. The minimum absolute atomic E-state index is 0.338. The third kappa shape index (κ3) is 6.92. The molecule has 27 heavy (non-hydrogen) atoms. The molecule has 0 bridgehead atoms. The highest BCUT2D eigenvalue weighted by Gasteiger charge is 2.26. The molecule has 0 saturated carbocycles. The maximum absolute atomic E-state index is 12.1. The number of carbonyl (C=O) groups is 2. The molecule has 7 heteroatoms. The third-order valence-electron chi connectivity index (χ3n) is 3.93. The van der Waals surface area contributed by atoms with Crippen LogP contribution in [0.1, 0.15) is 11.1 Å². The molecule has 0 radical (unpaired) electrons. The standard InChI is InChI=1S/C20H24N2O5/c23-13-17(21-11-15-7-3-1-4-8-15)19(25)27-20(26)18(14-24)22-12-16-9-5-2-6-10-16/h1-10,17-18,21-24H,11-14H2/t17-,18-/m0/s1. The topological polar surface area (TPSA) is 108 Å². The van der Waals surface area contributed by atoms with Gasteiger partial charge in [-0.1, -0.05) is 60.7 Å². The number of esters is 2. The molecule has 4 N–H and O–H groups in total. The maximum atomic E-state index is 12.1. The van der Waals surface area contributed by atoms with Crippen molar-refractivity contribution in [3.8, 4) is 0 Å². The van der Waals surface area contributed by atoms with Crippen LogP contribution in [0.4, 0.5) is 0 Å². The Labute approximate surface area is 158 Å². The molecule has 2 aromatic rings. The van der Waals surface area contributed by atoms with Crippen molar-refractivity contribution in [3.05, 3.63) is 71.8 Å². The van der Waals surface area contributed by atoms with Gasteiger partial charge in [-0.2, -0.15) is 0 Å². The van der Waals surface area contributed by atoms with Gasteiger partial charge in [-0.15, -0.1) is 0 Å². The smallest absolute Gasteiger partial charge is 0.333 e. The van der Waals surface area contributed by atoms with E-state index in [2.05, 4.69) is 10.6 Å². The zero-order valence-corrected chi connectivity index (χ0v) is 14.9. The summed E-state index contributed by atoms with van der Waals surface area (Å²) < 4.78 is 4.81. The zero-order chi connectivity index (χ0) is 19.5. The predicted octanol–water partition coefficient (Wildman–Crippen LogP) is 0.358. The Bertz CT molecular complexity index is 647. The van der Waals surface area contributed by atoms with Gasteiger partial charge in [0.15, 0.2) is 0 Å². The first kappa shape index (κ1) is 20.7. The van der Waals surface area contributed by atoms with Gasteiger partial charge in [0.2, 0.25) is 0 Å². The molecule has 0 saturated heterocycles. The molecule has 2 atom stereocenters. The number of aliphatic hydroxyl groups is 2. The fourth-order valence-corrected chi connectivity index (χ4v) is 2.36. The highest BCUT2D eigenvalue weighted by Crippen LogP contribution is 2.02. The van der Waals surface area contributed by atoms with Gasteiger partial charge in [0.25, 0.3) is 0 Å². The van der Waals surface area contributed by atoms with Crippen molar-refractivity contribution in [2.75, 3.05) is 13.2 Å². The molecule has 0 aliphatic rings. The average Bonchev–Trinajstić information content (AvgIpc) is 2.70. The number of hydrogen-bond acceptors (Lipinski definition) is 7. The number of benzene rings is 2. The van der Waals surface area contributed by atoms with Gasteiger partial charge in [0.1, 0.15) is 12.1 Å². The Hall–Kier alpha value is -2.58. The van der Waals surface area contributed by atoms with E-state index in [1.807, 2.05) is 60.7 Å². The van der Waals surface area contributed by atoms with Crippen LogP contribution in [-0.4, -0.2) is 47.4 Å². The molecule has 0 fully saturated rings. The van der Waals surface area contributed by atoms with Crippen molar-refractivity contribution >= 4 is 11.9 Å². The fourth-order valence-electron chi connectivity index (χ4n) is 2.36. The summed E-state index contributed by atoms with van der Waals surface area (Å²) in [6.45, 7) is -0.351. The fraction of sp³-hybridized carbons (Fsp3) is 0.300. The summed E-state index contributed by atoms with van der Waals surface area (Å²) in [6.07, 6.45) is 0. The molecule has 0 aliphatic heterocycles. The van der Waals surface area contributed by atoms with Crippen LogP contribution < -0.4 is 10.6 Å². The van der Waals surface area contributed by atoms with Gasteiger partial charge >= 0.3 is 11.9 Å². The Morgan fingerprint density at radius 1 is 0.741 bits per heavy atom. The van der Waals surface area contributed by atoms with Crippen molar-refractivity contribution in [2.45, 2.75) is 25.2 Å². The number of aliphatic hydroxyl groups excluding tert-OH is 2. The first-order valence-electron chi connectivity index (χ1n) is 8.66. The molecular formula is C20H24N2O5. The van der Waals surface area contributed by atoms with Crippen LogP contribution in [0.15, 0.2) is 60.7 Å². The maximum Gasteiger partial charge on any atom is 0.333 e. The quantitative estimate of drug-likeness (QED) is 0.352. The van der Waals surface area contributed by atoms with E-state index in [4.69, 9.17) is 4.74 Å². The van der Waals surface area contributed by atoms with Crippen LogP contribution in [-0.2, 0) is 27.4 Å². The minimum atomic E-state index is -1.04. The molecule has 0 heterocycles. The van der Waals surface area contributed by atoms with Crippen molar-refractivity contribution in [3.63, 3.8) is 0 Å². The molecule has 7 nitrogen and oxygen atoms in total. The van der Waals surface area contributed by atoms with E-state index in [9.17, 15) is 19.8 Å². The van der Waals surface area contributed by atoms with Crippen LogP contribution in [0.2, 0.25) is 0 Å². The molecular weight excluding hydrogens is 348 g/mol. The molecule has 0 aromatic heterocycles. The first-order chi connectivity index (χ1) is 13.1. The van der Waals surface area contributed by atoms with Crippen molar-refractivity contribution < 1.29 is 24.5 Å². The highest BCUT2D eigenvalue weighted by atomic mass is 16.6. The number of hydrogen-bond donors (Lipinski definition) is 4. The SMILES string of the molecule is O=C(OC(=O)[C@H](CO)NCc1ccccc1)[C@H](CO)NCc1ccccc1. The van der Waals surface area contributed by atoms with E-state index in [1.165, 1.54) is 0 Å². The lowest BCUT2D eigenvalue weighted by Gasteiger charge is -2.18. The van der Waals surface area contributed by atoms with E-state index in [1.54, 1.807) is 0 Å². The van der Waals surface area contributed by atoms with Gasteiger partial charge < -0.3 is 14.9 Å². The monoisotopic (exact) mass is 372 g/mol. The summed E-state index contributed by atoms with van der Waals surface area (Å²) in [5, 5.41) is 24.5. The summed E-state index contributed by atoms with van der Waals surface area (Å²) in [7, 11) is 0. The molecule has 0 spiro atoms. The summed E-state index contributed by atoms with van der Waals surface area (Å²) in [5.74, 6) is -1.78. The number of nitrogens with one attached hydrogen (secondary N) is 2. The largest absolute Gasteiger partial charge is 0.394 e. The van der Waals surface area contributed by atoms with Gasteiger partial charge in [0, 0.05) is 13.1 Å².